The molecule has 23 heavy (non-hydrogen) atoms. The first kappa shape index (κ1) is 17.1. The molecule has 1 fully saturated rings. The van der Waals surface area contributed by atoms with Crippen LogP contribution in [0.3, 0.4) is 0 Å². The van der Waals surface area contributed by atoms with Gasteiger partial charge in [0.2, 0.25) is 5.91 Å². The van der Waals surface area contributed by atoms with Crippen LogP contribution in [0.5, 0.6) is 0 Å². The number of carbonyl (C=O) groups is 4. The highest BCUT2D eigenvalue weighted by molar-refractivity contribution is 7.09. The fourth-order valence-corrected chi connectivity index (χ4v) is 2.83. The summed E-state index contributed by atoms with van der Waals surface area (Å²) in [4.78, 5) is 50.5. The van der Waals surface area contributed by atoms with Gasteiger partial charge < -0.3 is 5.32 Å². The van der Waals surface area contributed by atoms with Crippen molar-refractivity contribution in [2.24, 2.45) is 0 Å². The summed E-state index contributed by atoms with van der Waals surface area (Å²) < 4.78 is 0. The zero-order valence-electron chi connectivity index (χ0n) is 13.1. The summed E-state index contributed by atoms with van der Waals surface area (Å²) in [5.41, 5.74) is 0. The van der Waals surface area contributed by atoms with Gasteiger partial charge >= 0.3 is 17.8 Å². The molecule has 0 bridgehead atoms. The van der Waals surface area contributed by atoms with Gasteiger partial charge in [-0.1, -0.05) is 13.0 Å². The first-order valence-corrected chi connectivity index (χ1v) is 8.31. The molecule has 0 saturated carbocycles. The van der Waals surface area contributed by atoms with Crippen LogP contribution in [0.15, 0.2) is 17.5 Å². The molecule has 5 amide bonds. The quantitative estimate of drug-likeness (QED) is 0.594. The zero-order chi connectivity index (χ0) is 17.0. The van der Waals surface area contributed by atoms with Gasteiger partial charge in [-0.15, -0.1) is 11.3 Å². The van der Waals surface area contributed by atoms with Crippen molar-refractivity contribution in [1.29, 1.82) is 0 Å². The van der Waals surface area contributed by atoms with E-state index in [1.165, 1.54) is 11.3 Å². The Hall–Kier alpha value is -2.22. The molecule has 0 radical (unpaired) electrons. The summed E-state index contributed by atoms with van der Waals surface area (Å²) in [7, 11) is 0. The predicted octanol–water partition coefficient (Wildman–Crippen LogP) is 0.996. The standard InChI is InChI=1S/C15H19N3O4S/c1-3-10(2)16-12(19)9-18-14(21)13(20)17(15(18)22)7-6-11-5-4-8-23-11/h4-5,8,10H,3,6-7,9H2,1-2H3,(H,16,19)/t10-/m0/s1. The van der Waals surface area contributed by atoms with Crippen molar-refractivity contribution >= 4 is 35.1 Å². The van der Waals surface area contributed by atoms with Crippen molar-refractivity contribution in [3.8, 4) is 0 Å². The molecule has 1 aliphatic heterocycles. The van der Waals surface area contributed by atoms with Crippen LogP contribution < -0.4 is 5.32 Å². The van der Waals surface area contributed by atoms with Gasteiger partial charge in [0.25, 0.3) is 0 Å². The van der Waals surface area contributed by atoms with E-state index in [0.717, 1.165) is 16.2 Å². The van der Waals surface area contributed by atoms with Crippen molar-refractivity contribution in [2.75, 3.05) is 13.1 Å². The van der Waals surface area contributed by atoms with Gasteiger partial charge in [0.05, 0.1) is 0 Å². The second kappa shape index (κ2) is 7.36. The maximum absolute atomic E-state index is 12.2. The highest BCUT2D eigenvalue weighted by Crippen LogP contribution is 2.15. The van der Waals surface area contributed by atoms with Crippen LogP contribution in [0.2, 0.25) is 0 Å². The minimum Gasteiger partial charge on any atom is -0.352 e. The lowest BCUT2D eigenvalue weighted by Gasteiger charge is -2.16. The van der Waals surface area contributed by atoms with E-state index in [9.17, 15) is 19.2 Å². The van der Waals surface area contributed by atoms with Crippen LogP contribution in [0.4, 0.5) is 4.79 Å². The molecule has 8 heteroatoms. The molecule has 0 unspecified atom stereocenters. The van der Waals surface area contributed by atoms with Crippen LogP contribution in [-0.4, -0.2) is 52.7 Å². The fourth-order valence-electron chi connectivity index (χ4n) is 2.13. The molecule has 1 atom stereocenters. The van der Waals surface area contributed by atoms with Crippen LogP contribution in [0, 0.1) is 0 Å². The Kier molecular flexibility index (Phi) is 5.49. The molecular weight excluding hydrogens is 318 g/mol. The lowest BCUT2D eigenvalue weighted by molar-refractivity contribution is -0.144. The van der Waals surface area contributed by atoms with Crippen LogP contribution >= 0.6 is 11.3 Å². The van der Waals surface area contributed by atoms with Crippen molar-refractivity contribution in [3.63, 3.8) is 0 Å². The van der Waals surface area contributed by atoms with E-state index in [4.69, 9.17) is 0 Å². The molecule has 124 valence electrons. The number of hydrogen-bond acceptors (Lipinski definition) is 5. The molecular formula is C15H19N3O4S. The van der Waals surface area contributed by atoms with Gasteiger partial charge in [0.1, 0.15) is 6.54 Å². The van der Waals surface area contributed by atoms with Crippen molar-refractivity contribution < 1.29 is 19.2 Å². The number of nitrogens with one attached hydrogen (secondary N) is 1. The predicted molar refractivity (Wildman–Crippen MR) is 84.7 cm³/mol. The molecule has 1 N–H and O–H groups in total. The first-order valence-electron chi connectivity index (χ1n) is 7.43. The third-order valence-corrected chi connectivity index (χ3v) is 4.55. The Labute approximate surface area is 138 Å². The Bertz CT molecular complexity index is 614. The average Bonchev–Trinajstić information content (AvgIpc) is 3.10. The summed E-state index contributed by atoms with van der Waals surface area (Å²) in [5, 5.41) is 4.57. The number of amides is 5. The Morgan fingerprint density at radius 1 is 1.26 bits per heavy atom. The molecule has 2 heterocycles. The number of hydrogen-bond donors (Lipinski definition) is 1. The van der Waals surface area contributed by atoms with E-state index in [0.29, 0.717) is 11.3 Å². The van der Waals surface area contributed by atoms with Crippen LogP contribution in [0.25, 0.3) is 0 Å². The Morgan fingerprint density at radius 3 is 2.57 bits per heavy atom. The number of urea groups is 1. The first-order chi connectivity index (χ1) is 10.9. The van der Waals surface area contributed by atoms with E-state index < -0.39 is 30.3 Å². The highest BCUT2D eigenvalue weighted by Gasteiger charge is 2.44. The molecule has 0 spiro atoms. The third kappa shape index (κ3) is 3.95. The number of thiophene rings is 1. The maximum Gasteiger partial charge on any atom is 0.334 e. The molecule has 2 rings (SSSR count). The zero-order valence-corrected chi connectivity index (χ0v) is 13.9. The van der Waals surface area contributed by atoms with Gasteiger partial charge in [-0.05, 0) is 24.8 Å². The summed E-state index contributed by atoms with van der Waals surface area (Å²) in [6.45, 7) is 3.44. The van der Waals surface area contributed by atoms with E-state index in [1.54, 1.807) is 0 Å². The van der Waals surface area contributed by atoms with E-state index >= 15 is 0 Å². The molecule has 0 aromatic carbocycles. The molecule has 7 nitrogen and oxygen atoms in total. The van der Waals surface area contributed by atoms with E-state index in [1.807, 2.05) is 31.4 Å². The third-order valence-electron chi connectivity index (χ3n) is 3.62. The monoisotopic (exact) mass is 337 g/mol. The molecule has 1 aromatic heterocycles. The van der Waals surface area contributed by atoms with Crippen molar-refractivity contribution in [1.82, 2.24) is 15.1 Å². The van der Waals surface area contributed by atoms with Gasteiger partial charge in [0, 0.05) is 23.9 Å². The van der Waals surface area contributed by atoms with Gasteiger partial charge in [0.15, 0.2) is 0 Å². The maximum atomic E-state index is 12.2. The molecule has 1 aliphatic rings. The summed E-state index contributed by atoms with van der Waals surface area (Å²) in [5.74, 6) is -2.27. The lowest BCUT2D eigenvalue weighted by Crippen LogP contribution is -2.44. The SMILES string of the molecule is CC[C@H](C)NC(=O)CN1C(=O)C(=O)N(CCc2cccs2)C1=O. The summed E-state index contributed by atoms with van der Waals surface area (Å²) >= 11 is 1.52. The smallest absolute Gasteiger partial charge is 0.334 e. The largest absolute Gasteiger partial charge is 0.352 e. The molecule has 0 aliphatic carbocycles. The van der Waals surface area contributed by atoms with Gasteiger partial charge in [-0.25, -0.2) is 9.69 Å². The highest BCUT2D eigenvalue weighted by atomic mass is 32.1. The molecule has 1 saturated heterocycles. The van der Waals surface area contributed by atoms with Crippen LogP contribution in [0.1, 0.15) is 25.1 Å². The second-order valence-electron chi connectivity index (χ2n) is 5.34. The minimum absolute atomic E-state index is 0.0547. The molecule has 1 aromatic rings. The number of carbonyl (C=O) groups excluding carboxylic acids is 4. The van der Waals surface area contributed by atoms with Gasteiger partial charge in [-0.2, -0.15) is 0 Å². The second-order valence-corrected chi connectivity index (χ2v) is 6.37. The number of rotatable bonds is 7. The average molecular weight is 337 g/mol. The van der Waals surface area contributed by atoms with Gasteiger partial charge in [-0.3, -0.25) is 19.3 Å². The summed E-state index contributed by atoms with van der Waals surface area (Å²) in [6, 6.07) is 3.00. The normalized spacial score (nSPS) is 16.2. The van der Waals surface area contributed by atoms with E-state index in [-0.39, 0.29) is 12.6 Å². The minimum atomic E-state index is -0.944. The van der Waals surface area contributed by atoms with Crippen LogP contribution in [-0.2, 0) is 20.8 Å². The van der Waals surface area contributed by atoms with E-state index in [2.05, 4.69) is 5.32 Å². The van der Waals surface area contributed by atoms with Crippen molar-refractivity contribution in [2.45, 2.75) is 32.7 Å². The number of nitrogens with zero attached hydrogens (tertiary/aromatic N) is 2. The topological polar surface area (TPSA) is 86.8 Å². The fraction of sp³-hybridized carbons (Fsp3) is 0.467. The summed E-state index contributed by atoms with van der Waals surface area (Å²) in [6.07, 6.45) is 1.23. The number of imide groups is 2. The lowest BCUT2D eigenvalue weighted by atomic mass is 10.2. The van der Waals surface area contributed by atoms with Crippen molar-refractivity contribution in [3.05, 3.63) is 22.4 Å². The Balaban J connectivity index is 1.97. The Morgan fingerprint density at radius 2 is 1.96 bits per heavy atom.